The smallest absolute Gasteiger partial charge is 0.188 e. The van der Waals surface area contributed by atoms with Crippen molar-refractivity contribution >= 4 is 5.78 Å². The third kappa shape index (κ3) is 5.24. The van der Waals surface area contributed by atoms with E-state index < -0.39 is 0 Å². The SMILES string of the molecule is COCOc1cc(O)c(CC(C)C(C)=O)c(OCOC)c1. The molecule has 6 heteroatoms. The van der Waals surface area contributed by atoms with Crippen molar-refractivity contribution < 1.29 is 28.8 Å². The van der Waals surface area contributed by atoms with Gasteiger partial charge < -0.3 is 24.1 Å². The molecular weight excluding hydrogens is 276 g/mol. The summed E-state index contributed by atoms with van der Waals surface area (Å²) in [6.45, 7) is 3.42. The fraction of sp³-hybridized carbons (Fsp3) is 0.533. The van der Waals surface area contributed by atoms with Crippen LogP contribution in [0.3, 0.4) is 0 Å². The van der Waals surface area contributed by atoms with Crippen molar-refractivity contribution in [3.8, 4) is 17.2 Å². The van der Waals surface area contributed by atoms with E-state index in [9.17, 15) is 9.90 Å². The zero-order valence-corrected chi connectivity index (χ0v) is 12.8. The van der Waals surface area contributed by atoms with Gasteiger partial charge in [-0.3, -0.25) is 4.79 Å². The molecule has 0 spiro atoms. The van der Waals surface area contributed by atoms with E-state index in [-0.39, 0.29) is 31.0 Å². The van der Waals surface area contributed by atoms with Crippen LogP contribution in [0.25, 0.3) is 0 Å². The van der Waals surface area contributed by atoms with Gasteiger partial charge in [-0.2, -0.15) is 0 Å². The average Bonchev–Trinajstić information content (AvgIpc) is 2.45. The first kappa shape index (κ1) is 17.3. The Labute approximate surface area is 124 Å². The molecule has 0 radical (unpaired) electrons. The van der Waals surface area contributed by atoms with Gasteiger partial charge in [0.05, 0.1) is 0 Å². The van der Waals surface area contributed by atoms with Crippen molar-refractivity contribution in [1.82, 2.24) is 0 Å². The summed E-state index contributed by atoms with van der Waals surface area (Å²) in [6, 6.07) is 3.11. The summed E-state index contributed by atoms with van der Waals surface area (Å²) in [7, 11) is 3.01. The number of aromatic hydroxyl groups is 1. The van der Waals surface area contributed by atoms with Crippen LogP contribution in [0.4, 0.5) is 0 Å². The number of hydrogen-bond donors (Lipinski definition) is 1. The van der Waals surface area contributed by atoms with E-state index in [0.29, 0.717) is 23.5 Å². The molecule has 0 saturated carbocycles. The summed E-state index contributed by atoms with van der Waals surface area (Å²) in [5, 5.41) is 10.1. The Hall–Kier alpha value is -1.79. The van der Waals surface area contributed by atoms with E-state index in [2.05, 4.69) is 0 Å². The zero-order valence-electron chi connectivity index (χ0n) is 12.8. The van der Waals surface area contributed by atoms with Crippen LogP contribution < -0.4 is 9.47 Å². The van der Waals surface area contributed by atoms with Gasteiger partial charge in [0.15, 0.2) is 13.6 Å². The maximum atomic E-state index is 11.4. The molecule has 0 aliphatic carbocycles. The van der Waals surface area contributed by atoms with Gasteiger partial charge in [0, 0.05) is 37.8 Å². The second kappa shape index (κ2) is 8.49. The molecule has 0 saturated heterocycles. The summed E-state index contributed by atoms with van der Waals surface area (Å²) in [6.07, 6.45) is 0.380. The molecule has 118 valence electrons. The first-order valence-electron chi connectivity index (χ1n) is 6.59. The van der Waals surface area contributed by atoms with Crippen LogP contribution in [0, 0.1) is 5.92 Å². The fourth-order valence-electron chi connectivity index (χ4n) is 1.72. The summed E-state index contributed by atoms with van der Waals surface area (Å²) in [5.74, 6) is 0.692. The maximum Gasteiger partial charge on any atom is 0.188 e. The lowest BCUT2D eigenvalue weighted by atomic mass is 9.96. The molecule has 1 unspecified atom stereocenters. The molecule has 0 aliphatic heterocycles. The Balaban J connectivity index is 3.04. The predicted molar refractivity (Wildman–Crippen MR) is 76.7 cm³/mol. The minimum absolute atomic E-state index is 0.0165. The van der Waals surface area contributed by atoms with Gasteiger partial charge in [0.2, 0.25) is 0 Å². The fourth-order valence-corrected chi connectivity index (χ4v) is 1.72. The van der Waals surface area contributed by atoms with Crippen LogP contribution in [-0.2, 0) is 20.7 Å². The van der Waals surface area contributed by atoms with Crippen LogP contribution in [0.2, 0.25) is 0 Å². The van der Waals surface area contributed by atoms with Gasteiger partial charge in [-0.25, -0.2) is 0 Å². The average molecular weight is 298 g/mol. The van der Waals surface area contributed by atoms with E-state index in [1.54, 1.807) is 13.0 Å². The zero-order chi connectivity index (χ0) is 15.8. The minimum Gasteiger partial charge on any atom is -0.507 e. The molecule has 0 heterocycles. The number of ether oxygens (including phenoxy) is 4. The van der Waals surface area contributed by atoms with Gasteiger partial charge >= 0.3 is 0 Å². The highest BCUT2D eigenvalue weighted by Gasteiger charge is 2.18. The molecule has 1 aromatic rings. The van der Waals surface area contributed by atoms with Gasteiger partial charge in [-0.15, -0.1) is 0 Å². The van der Waals surface area contributed by atoms with Crippen molar-refractivity contribution in [2.24, 2.45) is 5.92 Å². The highest BCUT2D eigenvalue weighted by Crippen LogP contribution is 2.35. The quantitative estimate of drug-likeness (QED) is 0.704. The minimum atomic E-state index is -0.216. The number of carbonyl (C=O) groups excluding carboxylic acids is 1. The normalized spacial score (nSPS) is 12.0. The molecular formula is C15H22O6. The lowest BCUT2D eigenvalue weighted by molar-refractivity contribution is -0.120. The largest absolute Gasteiger partial charge is 0.507 e. The number of hydrogen-bond acceptors (Lipinski definition) is 6. The molecule has 6 nitrogen and oxygen atoms in total. The molecule has 0 fully saturated rings. The monoisotopic (exact) mass is 298 g/mol. The van der Waals surface area contributed by atoms with Crippen molar-refractivity contribution in [3.63, 3.8) is 0 Å². The maximum absolute atomic E-state index is 11.4. The number of benzene rings is 1. The van der Waals surface area contributed by atoms with Crippen molar-refractivity contribution in [2.45, 2.75) is 20.3 Å². The summed E-state index contributed by atoms with van der Waals surface area (Å²) in [5.41, 5.74) is 0.555. The first-order valence-corrected chi connectivity index (χ1v) is 6.59. The Bertz CT molecular complexity index is 471. The number of phenolic OH excluding ortho intramolecular Hbond substituents is 1. The second-order valence-electron chi connectivity index (χ2n) is 4.74. The summed E-state index contributed by atoms with van der Waals surface area (Å²) < 4.78 is 20.4. The number of Topliss-reactive ketones (excluding diaryl/α,β-unsaturated/α-hetero) is 1. The van der Waals surface area contributed by atoms with Crippen LogP contribution in [0.5, 0.6) is 17.2 Å². The van der Waals surface area contributed by atoms with Crippen LogP contribution in [-0.4, -0.2) is 38.7 Å². The Morgan fingerprint density at radius 2 is 1.81 bits per heavy atom. The Morgan fingerprint density at radius 3 is 2.38 bits per heavy atom. The molecule has 0 aromatic heterocycles. The van der Waals surface area contributed by atoms with Gasteiger partial charge in [0.1, 0.15) is 23.0 Å². The van der Waals surface area contributed by atoms with Crippen LogP contribution in [0.15, 0.2) is 12.1 Å². The summed E-state index contributed by atoms with van der Waals surface area (Å²) >= 11 is 0. The third-order valence-electron chi connectivity index (χ3n) is 3.04. The van der Waals surface area contributed by atoms with Gasteiger partial charge in [0.25, 0.3) is 0 Å². The van der Waals surface area contributed by atoms with Crippen molar-refractivity contribution in [2.75, 3.05) is 27.8 Å². The molecule has 1 rings (SSSR count). The molecule has 1 aromatic carbocycles. The summed E-state index contributed by atoms with van der Waals surface area (Å²) in [4.78, 5) is 11.4. The third-order valence-corrected chi connectivity index (χ3v) is 3.04. The number of rotatable bonds is 9. The second-order valence-corrected chi connectivity index (χ2v) is 4.74. The van der Waals surface area contributed by atoms with Crippen molar-refractivity contribution in [1.29, 1.82) is 0 Å². The van der Waals surface area contributed by atoms with Crippen molar-refractivity contribution in [3.05, 3.63) is 17.7 Å². The predicted octanol–water partition coefficient (Wildman–Crippen LogP) is 2.13. The molecule has 0 amide bonds. The van der Waals surface area contributed by atoms with Gasteiger partial charge in [-0.05, 0) is 13.3 Å². The van der Waals surface area contributed by atoms with Crippen LogP contribution in [0.1, 0.15) is 19.4 Å². The van der Waals surface area contributed by atoms with Gasteiger partial charge in [-0.1, -0.05) is 6.92 Å². The first-order chi connectivity index (χ1) is 9.99. The number of methoxy groups -OCH3 is 2. The lowest BCUT2D eigenvalue weighted by Crippen LogP contribution is -2.12. The molecule has 1 atom stereocenters. The molecule has 0 bridgehead atoms. The van der Waals surface area contributed by atoms with E-state index in [0.717, 1.165) is 0 Å². The van der Waals surface area contributed by atoms with E-state index in [1.807, 2.05) is 0 Å². The highest BCUT2D eigenvalue weighted by molar-refractivity contribution is 5.78. The van der Waals surface area contributed by atoms with E-state index in [4.69, 9.17) is 18.9 Å². The topological polar surface area (TPSA) is 74.2 Å². The van der Waals surface area contributed by atoms with Crippen LogP contribution >= 0.6 is 0 Å². The highest BCUT2D eigenvalue weighted by atomic mass is 16.7. The Kier molecular flexibility index (Phi) is 6.98. The van der Waals surface area contributed by atoms with E-state index in [1.165, 1.54) is 27.2 Å². The number of phenols is 1. The number of carbonyl (C=O) groups is 1. The Morgan fingerprint density at radius 1 is 1.19 bits per heavy atom. The molecule has 1 N–H and O–H groups in total. The number of ketones is 1. The standard InChI is InChI=1S/C15H22O6/c1-10(11(2)16)5-13-14(17)6-12(20-8-18-3)7-15(13)21-9-19-4/h6-7,10,17H,5,8-9H2,1-4H3. The molecule has 21 heavy (non-hydrogen) atoms. The lowest BCUT2D eigenvalue weighted by Gasteiger charge is -2.16. The van der Waals surface area contributed by atoms with E-state index >= 15 is 0 Å². The molecule has 0 aliphatic rings.